The fraction of sp³-hybridized carbons (Fsp3) is 0.304. The minimum absolute atomic E-state index is 0.0588. The normalized spacial score (nSPS) is 23.3. The molecule has 2 aromatic heterocycles. The van der Waals surface area contributed by atoms with Gasteiger partial charge in [0.05, 0.1) is 23.7 Å². The number of phenolic OH excluding ortho intramolecular Hbond substituents is 1. The molecule has 29 heavy (non-hydrogen) atoms. The summed E-state index contributed by atoms with van der Waals surface area (Å²) in [5.74, 6) is 0.315. The molecule has 1 unspecified atom stereocenters. The molecule has 2 bridgehead atoms. The summed E-state index contributed by atoms with van der Waals surface area (Å²) in [5, 5.41) is 13.3. The molecule has 6 heteroatoms. The van der Waals surface area contributed by atoms with Gasteiger partial charge in [-0.3, -0.25) is 4.79 Å². The Morgan fingerprint density at radius 1 is 1.17 bits per heavy atom. The highest BCUT2D eigenvalue weighted by atomic mass is 16.3. The number of hydrogen-bond donors (Lipinski definition) is 2. The molecular formula is C23H24N4O2. The monoisotopic (exact) mass is 388 g/mol. The first kappa shape index (κ1) is 17.8. The second-order valence-corrected chi connectivity index (χ2v) is 8.02. The number of hydrogen-bond acceptors (Lipinski definition) is 4. The molecule has 2 fully saturated rings. The molecule has 0 aliphatic carbocycles. The number of carbonyl (C=O) groups excluding carboxylic acids is 1. The smallest absolute Gasteiger partial charge is 0.246 e. The van der Waals surface area contributed by atoms with Gasteiger partial charge in [0.25, 0.3) is 0 Å². The third-order valence-electron chi connectivity index (χ3n) is 6.24. The average Bonchev–Trinajstić information content (AvgIpc) is 3.30. The van der Waals surface area contributed by atoms with Gasteiger partial charge in [0.15, 0.2) is 0 Å². The minimum Gasteiger partial charge on any atom is -0.508 e. The molecule has 2 aliphatic heterocycles. The molecule has 0 radical (unpaired) electrons. The van der Waals surface area contributed by atoms with Crippen LogP contribution in [0.1, 0.15) is 25.7 Å². The van der Waals surface area contributed by atoms with Crippen molar-refractivity contribution in [1.29, 1.82) is 0 Å². The zero-order chi connectivity index (χ0) is 20.0. The third-order valence-corrected chi connectivity index (χ3v) is 6.24. The van der Waals surface area contributed by atoms with E-state index in [0.29, 0.717) is 6.04 Å². The summed E-state index contributed by atoms with van der Waals surface area (Å²) in [6.07, 6.45) is 11.2. The predicted octanol–water partition coefficient (Wildman–Crippen LogP) is 3.83. The van der Waals surface area contributed by atoms with Gasteiger partial charge >= 0.3 is 0 Å². The van der Waals surface area contributed by atoms with E-state index in [0.717, 1.165) is 48.0 Å². The van der Waals surface area contributed by atoms with Crippen molar-refractivity contribution in [2.45, 2.75) is 43.8 Å². The molecule has 1 amide bonds. The summed E-state index contributed by atoms with van der Waals surface area (Å²) in [6, 6.07) is 10.3. The molecule has 2 N–H and O–H groups in total. The predicted molar refractivity (Wildman–Crippen MR) is 113 cm³/mol. The lowest BCUT2D eigenvalue weighted by molar-refractivity contribution is -0.130. The zero-order valence-corrected chi connectivity index (χ0v) is 16.2. The molecule has 3 atom stereocenters. The number of amides is 1. The minimum atomic E-state index is 0.0588. The lowest BCUT2D eigenvalue weighted by Gasteiger charge is -2.39. The van der Waals surface area contributed by atoms with Crippen molar-refractivity contribution in [2.75, 3.05) is 5.32 Å². The van der Waals surface area contributed by atoms with E-state index in [-0.39, 0.29) is 23.7 Å². The Balaban J connectivity index is 1.44. The van der Waals surface area contributed by atoms with Crippen LogP contribution < -0.4 is 5.32 Å². The molecule has 0 spiro atoms. The van der Waals surface area contributed by atoms with Crippen LogP contribution in [0.3, 0.4) is 0 Å². The van der Waals surface area contributed by atoms with Crippen LogP contribution in [-0.2, 0) is 4.79 Å². The van der Waals surface area contributed by atoms with Crippen LogP contribution in [-0.4, -0.2) is 43.4 Å². The van der Waals surface area contributed by atoms with Crippen LogP contribution in [0.5, 0.6) is 5.75 Å². The molecule has 3 aromatic rings. The first-order valence-electron chi connectivity index (χ1n) is 10.1. The van der Waals surface area contributed by atoms with Gasteiger partial charge in [-0.1, -0.05) is 18.7 Å². The summed E-state index contributed by atoms with van der Waals surface area (Å²) >= 11 is 0. The number of aromatic nitrogens is 2. The van der Waals surface area contributed by atoms with E-state index in [4.69, 9.17) is 0 Å². The Kier molecular flexibility index (Phi) is 4.27. The summed E-state index contributed by atoms with van der Waals surface area (Å²) in [6.45, 7) is 3.66. The lowest BCUT2D eigenvalue weighted by atomic mass is 9.96. The van der Waals surface area contributed by atoms with E-state index in [2.05, 4.69) is 29.1 Å². The summed E-state index contributed by atoms with van der Waals surface area (Å²) < 4.78 is 2.02. The third kappa shape index (κ3) is 3.14. The van der Waals surface area contributed by atoms with Crippen molar-refractivity contribution < 1.29 is 9.90 Å². The van der Waals surface area contributed by atoms with E-state index in [1.54, 1.807) is 18.5 Å². The summed E-state index contributed by atoms with van der Waals surface area (Å²) in [4.78, 5) is 18.6. The molecule has 0 saturated carbocycles. The number of pyridine rings is 1. The maximum absolute atomic E-state index is 12.2. The molecule has 5 rings (SSSR count). The van der Waals surface area contributed by atoms with Crippen molar-refractivity contribution in [1.82, 2.24) is 14.3 Å². The van der Waals surface area contributed by atoms with Gasteiger partial charge in [-0.05, 0) is 55.5 Å². The van der Waals surface area contributed by atoms with E-state index in [1.165, 1.54) is 6.08 Å². The van der Waals surface area contributed by atoms with Crippen LogP contribution in [0.4, 0.5) is 5.69 Å². The van der Waals surface area contributed by atoms with Crippen molar-refractivity contribution in [2.24, 2.45) is 0 Å². The number of anilines is 1. The Bertz CT molecular complexity index is 1060. The number of carbonyl (C=O) groups is 1. The van der Waals surface area contributed by atoms with E-state index in [1.807, 2.05) is 27.6 Å². The van der Waals surface area contributed by atoms with Gasteiger partial charge in [0.1, 0.15) is 5.75 Å². The van der Waals surface area contributed by atoms with Crippen LogP contribution in [0.2, 0.25) is 0 Å². The highest BCUT2D eigenvalue weighted by molar-refractivity contribution is 5.88. The quantitative estimate of drug-likeness (QED) is 0.667. The average molecular weight is 388 g/mol. The van der Waals surface area contributed by atoms with Gasteiger partial charge in [0, 0.05) is 29.9 Å². The molecule has 148 valence electrons. The van der Waals surface area contributed by atoms with Crippen molar-refractivity contribution in [3.8, 4) is 16.9 Å². The largest absolute Gasteiger partial charge is 0.508 e. The number of nitrogens with one attached hydrogen (secondary N) is 1. The standard InChI is InChI=1S/C23H24N4O2/c1-2-23(29)27-18-5-6-19(27)11-17(10-18)25-21-9-16(13-26-14-24-12-22(21)26)15-3-7-20(28)8-4-15/h2-4,7-9,12-14,17-19,25,28H,1,5-6,10-11H2/t17?,18-,19+. The van der Waals surface area contributed by atoms with Crippen molar-refractivity contribution in [3.05, 3.63) is 61.7 Å². The number of piperidine rings is 1. The highest BCUT2D eigenvalue weighted by Crippen LogP contribution is 2.38. The van der Waals surface area contributed by atoms with E-state index in [9.17, 15) is 9.90 Å². The lowest BCUT2D eigenvalue weighted by Crippen LogP contribution is -2.49. The van der Waals surface area contributed by atoms with Gasteiger partial charge < -0.3 is 19.7 Å². The maximum Gasteiger partial charge on any atom is 0.246 e. The number of imidazole rings is 1. The van der Waals surface area contributed by atoms with Crippen LogP contribution >= 0.6 is 0 Å². The van der Waals surface area contributed by atoms with Crippen LogP contribution in [0, 0.1) is 0 Å². The topological polar surface area (TPSA) is 69.9 Å². The molecule has 4 heterocycles. The number of phenols is 1. The highest BCUT2D eigenvalue weighted by Gasteiger charge is 2.42. The Hall–Kier alpha value is -3.28. The first-order chi connectivity index (χ1) is 14.1. The number of rotatable bonds is 4. The van der Waals surface area contributed by atoms with Crippen molar-refractivity contribution in [3.63, 3.8) is 0 Å². The molecule has 2 saturated heterocycles. The Labute approximate surface area is 169 Å². The summed E-state index contributed by atoms with van der Waals surface area (Å²) in [5.41, 5.74) is 4.17. The van der Waals surface area contributed by atoms with Gasteiger partial charge in [-0.2, -0.15) is 0 Å². The first-order valence-corrected chi connectivity index (χ1v) is 10.1. The summed E-state index contributed by atoms with van der Waals surface area (Å²) in [7, 11) is 0. The maximum atomic E-state index is 12.2. The van der Waals surface area contributed by atoms with Crippen LogP contribution in [0.25, 0.3) is 16.6 Å². The Morgan fingerprint density at radius 2 is 1.90 bits per heavy atom. The van der Waals surface area contributed by atoms with E-state index < -0.39 is 0 Å². The number of fused-ring (bicyclic) bond motifs is 3. The van der Waals surface area contributed by atoms with Crippen molar-refractivity contribution >= 4 is 17.1 Å². The second kappa shape index (κ2) is 6.95. The second-order valence-electron chi connectivity index (χ2n) is 8.02. The molecule has 6 nitrogen and oxygen atoms in total. The molecule has 2 aliphatic rings. The van der Waals surface area contributed by atoms with Crippen LogP contribution in [0.15, 0.2) is 61.7 Å². The number of nitrogens with zero attached hydrogens (tertiary/aromatic N) is 3. The Morgan fingerprint density at radius 3 is 2.59 bits per heavy atom. The molecule has 1 aromatic carbocycles. The SMILES string of the molecule is C=CC(=O)N1[C@@H]2CC[C@H]1CC(Nc1cc(-c3ccc(O)cc3)cn3cncc13)C2. The number of benzene rings is 1. The van der Waals surface area contributed by atoms with Gasteiger partial charge in [-0.15, -0.1) is 0 Å². The number of aromatic hydroxyl groups is 1. The van der Waals surface area contributed by atoms with E-state index >= 15 is 0 Å². The molecular weight excluding hydrogens is 364 g/mol. The fourth-order valence-corrected chi connectivity index (χ4v) is 4.94. The van der Waals surface area contributed by atoms with Gasteiger partial charge in [0.2, 0.25) is 5.91 Å². The van der Waals surface area contributed by atoms with Gasteiger partial charge in [-0.25, -0.2) is 4.98 Å². The zero-order valence-electron chi connectivity index (χ0n) is 16.2. The fourth-order valence-electron chi connectivity index (χ4n) is 4.94.